The molecular formula is C21H20N2O2. The second-order valence-corrected chi connectivity index (χ2v) is 5.62. The fraction of sp³-hybridized carbons (Fsp3) is 0.143. The van der Waals surface area contributed by atoms with Gasteiger partial charge in [0, 0.05) is 31.0 Å². The molecule has 0 unspecified atom stereocenters. The molecule has 0 fully saturated rings. The lowest BCUT2D eigenvalue weighted by Crippen LogP contribution is -2.30. The van der Waals surface area contributed by atoms with Crippen LogP contribution < -0.4 is 4.74 Å². The van der Waals surface area contributed by atoms with Crippen molar-refractivity contribution >= 4 is 5.91 Å². The van der Waals surface area contributed by atoms with E-state index >= 15 is 0 Å². The zero-order chi connectivity index (χ0) is 17.5. The minimum Gasteiger partial charge on any atom is -0.457 e. The fourth-order valence-electron chi connectivity index (χ4n) is 2.54. The van der Waals surface area contributed by atoms with Gasteiger partial charge in [0.05, 0.1) is 0 Å². The van der Waals surface area contributed by atoms with Crippen LogP contribution in [-0.4, -0.2) is 22.3 Å². The summed E-state index contributed by atoms with van der Waals surface area (Å²) in [7, 11) is 0. The third-order valence-electron chi connectivity index (χ3n) is 3.85. The Morgan fingerprint density at radius 3 is 2.40 bits per heavy atom. The predicted octanol–water partition coefficient (Wildman–Crippen LogP) is 4.54. The van der Waals surface area contributed by atoms with Crippen LogP contribution in [0.1, 0.15) is 22.8 Å². The Bertz CT molecular complexity index is 820. The van der Waals surface area contributed by atoms with Crippen molar-refractivity contribution in [2.75, 3.05) is 6.54 Å². The second kappa shape index (κ2) is 8.11. The molecule has 25 heavy (non-hydrogen) atoms. The highest BCUT2D eigenvalue weighted by Gasteiger charge is 2.15. The molecule has 0 N–H and O–H groups in total. The van der Waals surface area contributed by atoms with E-state index < -0.39 is 0 Å². The van der Waals surface area contributed by atoms with Gasteiger partial charge in [-0.15, -0.1) is 0 Å². The third kappa shape index (κ3) is 4.44. The van der Waals surface area contributed by atoms with E-state index in [2.05, 4.69) is 4.98 Å². The molecule has 1 heterocycles. The first-order valence-corrected chi connectivity index (χ1v) is 8.27. The zero-order valence-corrected chi connectivity index (χ0v) is 14.1. The maximum atomic E-state index is 12.8. The Morgan fingerprint density at radius 1 is 0.960 bits per heavy atom. The number of benzene rings is 2. The summed E-state index contributed by atoms with van der Waals surface area (Å²) >= 11 is 0. The van der Waals surface area contributed by atoms with Gasteiger partial charge in [0.25, 0.3) is 5.91 Å². The van der Waals surface area contributed by atoms with Gasteiger partial charge in [0.1, 0.15) is 11.5 Å². The lowest BCUT2D eigenvalue weighted by molar-refractivity contribution is 0.0752. The molecule has 0 aliphatic heterocycles. The standard InChI is InChI=1S/C21H20N2O2/c1-2-23(16-17-11-13-22-14-12-17)21(24)18-7-6-10-20(15-18)25-19-8-4-3-5-9-19/h3-15H,2,16H2,1H3. The Labute approximate surface area is 147 Å². The van der Waals surface area contributed by atoms with Crippen molar-refractivity contribution in [1.82, 2.24) is 9.88 Å². The summed E-state index contributed by atoms with van der Waals surface area (Å²) in [5.41, 5.74) is 1.67. The van der Waals surface area contributed by atoms with Crippen LogP contribution in [0.3, 0.4) is 0 Å². The van der Waals surface area contributed by atoms with Crippen molar-refractivity contribution in [3.63, 3.8) is 0 Å². The molecule has 1 amide bonds. The van der Waals surface area contributed by atoms with E-state index in [4.69, 9.17) is 4.74 Å². The van der Waals surface area contributed by atoms with E-state index in [9.17, 15) is 4.79 Å². The highest BCUT2D eigenvalue weighted by molar-refractivity contribution is 5.94. The number of hydrogen-bond donors (Lipinski definition) is 0. The number of rotatable bonds is 6. The summed E-state index contributed by atoms with van der Waals surface area (Å²) < 4.78 is 5.82. The van der Waals surface area contributed by atoms with Crippen molar-refractivity contribution in [3.05, 3.63) is 90.3 Å². The third-order valence-corrected chi connectivity index (χ3v) is 3.85. The van der Waals surface area contributed by atoms with E-state index in [1.165, 1.54) is 0 Å². The van der Waals surface area contributed by atoms with Crippen LogP contribution in [0.25, 0.3) is 0 Å². The van der Waals surface area contributed by atoms with E-state index in [0.717, 1.165) is 11.3 Å². The van der Waals surface area contributed by atoms with Crippen LogP contribution in [0.4, 0.5) is 0 Å². The van der Waals surface area contributed by atoms with Gasteiger partial charge >= 0.3 is 0 Å². The van der Waals surface area contributed by atoms with Gasteiger partial charge < -0.3 is 9.64 Å². The Balaban J connectivity index is 1.75. The lowest BCUT2D eigenvalue weighted by atomic mass is 10.1. The fourth-order valence-corrected chi connectivity index (χ4v) is 2.54. The zero-order valence-electron chi connectivity index (χ0n) is 14.1. The van der Waals surface area contributed by atoms with Crippen LogP contribution in [0.15, 0.2) is 79.1 Å². The molecule has 0 spiro atoms. The molecule has 4 heteroatoms. The molecule has 2 aromatic carbocycles. The second-order valence-electron chi connectivity index (χ2n) is 5.62. The maximum Gasteiger partial charge on any atom is 0.254 e. The highest BCUT2D eigenvalue weighted by atomic mass is 16.5. The number of pyridine rings is 1. The molecule has 0 radical (unpaired) electrons. The summed E-state index contributed by atoms with van der Waals surface area (Å²) in [5, 5.41) is 0. The minimum absolute atomic E-state index is 0.0159. The van der Waals surface area contributed by atoms with Crippen LogP contribution in [-0.2, 0) is 6.54 Å². The van der Waals surface area contributed by atoms with Gasteiger partial charge in [-0.25, -0.2) is 0 Å². The molecule has 1 aromatic heterocycles. The van der Waals surface area contributed by atoms with Crippen molar-refractivity contribution in [2.24, 2.45) is 0 Å². The number of hydrogen-bond acceptors (Lipinski definition) is 3. The highest BCUT2D eigenvalue weighted by Crippen LogP contribution is 2.22. The molecule has 4 nitrogen and oxygen atoms in total. The van der Waals surface area contributed by atoms with Crippen LogP contribution in [0, 0.1) is 0 Å². The first-order valence-electron chi connectivity index (χ1n) is 8.27. The van der Waals surface area contributed by atoms with Crippen LogP contribution >= 0.6 is 0 Å². The van der Waals surface area contributed by atoms with Crippen molar-refractivity contribution < 1.29 is 9.53 Å². The van der Waals surface area contributed by atoms with Gasteiger partial charge in [-0.1, -0.05) is 24.3 Å². The summed E-state index contributed by atoms with van der Waals surface area (Å²) in [5.74, 6) is 1.38. The van der Waals surface area contributed by atoms with Gasteiger partial charge in [0.2, 0.25) is 0 Å². The lowest BCUT2D eigenvalue weighted by Gasteiger charge is -2.21. The minimum atomic E-state index is -0.0159. The SMILES string of the molecule is CCN(Cc1ccncc1)C(=O)c1cccc(Oc2ccccc2)c1. The van der Waals surface area contributed by atoms with E-state index in [0.29, 0.717) is 24.4 Å². The Kier molecular flexibility index (Phi) is 5.42. The quantitative estimate of drug-likeness (QED) is 0.666. The van der Waals surface area contributed by atoms with E-state index in [1.807, 2.05) is 67.6 Å². The normalized spacial score (nSPS) is 10.3. The molecule has 3 rings (SSSR count). The average molecular weight is 332 g/mol. The molecule has 0 atom stereocenters. The molecule has 0 aliphatic carbocycles. The monoisotopic (exact) mass is 332 g/mol. The van der Waals surface area contributed by atoms with Crippen molar-refractivity contribution in [2.45, 2.75) is 13.5 Å². The topological polar surface area (TPSA) is 42.4 Å². The molecule has 0 bridgehead atoms. The van der Waals surface area contributed by atoms with Crippen LogP contribution in [0.2, 0.25) is 0 Å². The van der Waals surface area contributed by atoms with Gasteiger partial charge in [-0.2, -0.15) is 0 Å². The van der Waals surface area contributed by atoms with E-state index in [-0.39, 0.29) is 5.91 Å². The number of aromatic nitrogens is 1. The molecule has 0 saturated heterocycles. The van der Waals surface area contributed by atoms with E-state index in [1.54, 1.807) is 23.4 Å². The number of ether oxygens (including phenoxy) is 1. The molecule has 126 valence electrons. The molecule has 0 aliphatic rings. The molecule has 0 saturated carbocycles. The summed E-state index contributed by atoms with van der Waals surface area (Å²) in [6.45, 7) is 3.16. The summed E-state index contributed by atoms with van der Waals surface area (Å²) in [6.07, 6.45) is 3.48. The van der Waals surface area contributed by atoms with Gasteiger partial charge in [-0.05, 0) is 55.0 Å². The van der Waals surface area contributed by atoms with Gasteiger partial charge in [0.15, 0.2) is 0 Å². The first kappa shape index (κ1) is 16.7. The summed E-state index contributed by atoms with van der Waals surface area (Å²) in [6, 6.07) is 20.7. The molecular weight excluding hydrogens is 312 g/mol. The predicted molar refractivity (Wildman–Crippen MR) is 97.6 cm³/mol. The summed E-state index contributed by atoms with van der Waals surface area (Å²) in [4.78, 5) is 18.7. The van der Waals surface area contributed by atoms with Gasteiger partial charge in [-0.3, -0.25) is 9.78 Å². The number of amides is 1. The number of carbonyl (C=O) groups is 1. The number of carbonyl (C=O) groups excluding carboxylic acids is 1. The first-order chi connectivity index (χ1) is 12.3. The Hall–Kier alpha value is -3.14. The molecule has 3 aromatic rings. The number of para-hydroxylation sites is 1. The number of nitrogens with zero attached hydrogens (tertiary/aromatic N) is 2. The van der Waals surface area contributed by atoms with Crippen molar-refractivity contribution in [1.29, 1.82) is 0 Å². The average Bonchev–Trinajstić information content (AvgIpc) is 2.67. The Morgan fingerprint density at radius 2 is 1.68 bits per heavy atom. The van der Waals surface area contributed by atoms with Crippen LogP contribution in [0.5, 0.6) is 11.5 Å². The maximum absolute atomic E-state index is 12.8. The van der Waals surface area contributed by atoms with Crippen molar-refractivity contribution in [3.8, 4) is 11.5 Å². The smallest absolute Gasteiger partial charge is 0.254 e. The largest absolute Gasteiger partial charge is 0.457 e.